The van der Waals surface area contributed by atoms with Crippen molar-refractivity contribution in [3.63, 3.8) is 0 Å². The molecular weight excluding hydrogens is 183 g/mol. The van der Waals surface area contributed by atoms with Gasteiger partial charge in [-0.05, 0) is 0 Å². The molecule has 0 atom stereocenters. The minimum atomic E-state index is -3.83. The maximum atomic E-state index is 10.7. The molecule has 0 heterocycles. The Labute approximate surface area is 59.9 Å². The third-order valence-corrected chi connectivity index (χ3v) is 2.84. The van der Waals surface area contributed by atoms with E-state index in [1.807, 2.05) is 0 Å². The van der Waals surface area contributed by atoms with Crippen molar-refractivity contribution in [2.45, 2.75) is 0 Å². The molecule has 0 bridgehead atoms. The summed E-state index contributed by atoms with van der Waals surface area (Å²) in [5.41, 5.74) is 0. The molecule has 0 aliphatic heterocycles. The Bertz CT molecular complexity index is 192. The van der Waals surface area contributed by atoms with E-state index < -0.39 is 18.8 Å². The largest absolute Gasteiger partial charge is 0.488 e. The number of rotatable bonds is 4. The summed E-state index contributed by atoms with van der Waals surface area (Å²) in [6.45, 7) is 0. The molecule has 6 nitrogen and oxygen atoms in total. The monoisotopic (exact) mass is 190 g/mol. The quantitative estimate of drug-likeness (QED) is 0.493. The summed E-state index contributed by atoms with van der Waals surface area (Å²) < 4.78 is 42.4. The molecule has 0 saturated heterocycles. The van der Waals surface area contributed by atoms with Gasteiger partial charge in [0, 0.05) is 14.2 Å². The van der Waals surface area contributed by atoms with E-state index in [1.165, 1.54) is 0 Å². The molecule has 62 valence electrons. The molecule has 8 heteroatoms. The summed E-state index contributed by atoms with van der Waals surface area (Å²) in [5, 5.41) is 0. The zero-order chi connectivity index (χ0) is 8.20. The maximum absolute atomic E-state index is 10.7. The Balaban J connectivity index is 4.21. The lowest BCUT2D eigenvalue weighted by Crippen LogP contribution is -1.92. The molecule has 0 unspecified atom stereocenters. The van der Waals surface area contributed by atoms with Gasteiger partial charge in [0.25, 0.3) is 11.0 Å². The number of phosphoric acid groups is 1. The minimum absolute atomic E-state index is 1.02. The highest BCUT2D eigenvalue weighted by atomic mass is 32.2. The average molecular weight is 190 g/mol. The van der Waals surface area contributed by atoms with Crippen LogP contribution in [-0.2, 0) is 28.6 Å². The SMILES string of the molecule is COP(=O)(OC)O[SH](=O)=O. The molecule has 0 N–H and O–H groups in total. The van der Waals surface area contributed by atoms with Crippen LogP contribution in [0.2, 0.25) is 0 Å². The first kappa shape index (κ1) is 10.1. The summed E-state index contributed by atoms with van der Waals surface area (Å²) in [6.07, 6.45) is 0. The standard InChI is InChI=1S/C2H7O6PS/c1-6-9(3,7-2)8-10(4)5/h10H,1-2H3. The van der Waals surface area contributed by atoms with Crippen molar-refractivity contribution in [1.82, 2.24) is 0 Å². The second-order valence-corrected chi connectivity index (χ2v) is 3.84. The molecule has 0 radical (unpaired) electrons. The number of hydrogen-bond acceptors (Lipinski definition) is 6. The lowest BCUT2D eigenvalue weighted by molar-refractivity contribution is 0.216. The maximum Gasteiger partial charge on any atom is 0.488 e. The lowest BCUT2D eigenvalue weighted by Gasteiger charge is -2.06. The highest BCUT2D eigenvalue weighted by Gasteiger charge is 2.23. The van der Waals surface area contributed by atoms with E-state index >= 15 is 0 Å². The Morgan fingerprint density at radius 1 is 1.20 bits per heavy atom. The fraction of sp³-hybridized carbons (Fsp3) is 1.00. The average Bonchev–Trinajstić information content (AvgIpc) is 1.87. The van der Waals surface area contributed by atoms with E-state index in [2.05, 4.69) is 13.0 Å². The molecule has 0 spiro atoms. The molecular formula is C2H7O6PS. The van der Waals surface area contributed by atoms with E-state index in [1.54, 1.807) is 0 Å². The van der Waals surface area contributed by atoms with Crippen LogP contribution in [0.3, 0.4) is 0 Å². The van der Waals surface area contributed by atoms with Gasteiger partial charge in [-0.1, -0.05) is 0 Å². The normalized spacial score (nSPS) is 12.3. The highest BCUT2D eigenvalue weighted by molar-refractivity contribution is 7.74. The lowest BCUT2D eigenvalue weighted by atomic mass is 11.8. The van der Waals surface area contributed by atoms with Crippen molar-refractivity contribution in [2.75, 3.05) is 14.2 Å². The van der Waals surface area contributed by atoms with Gasteiger partial charge in [0.2, 0.25) is 0 Å². The minimum Gasteiger partial charge on any atom is -0.290 e. The fourth-order valence-corrected chi connectivity index (χ4v) is 1.56. The first-order chi connectivity index (χ1) is 4.54. The Kier molecular flexibility index (Phi) is 4.07. The fourth-order valence-electron chi connectivity index (χ4n) is 0.223. The summed E-state index contributed by atoms with van der Waals surface area (Å²) in [4.78, 5) is 0. The van der Waals surface area contributed by atoms with Crippen LogP contribution in [-0.4, -0.2) is 22.6 Å². The summed E-state index contributed by atoms with van der Waals surface area (Å²) in [7, 11) is -5.01. The van der Waals surface area contributed by atoms with Crippen LogP contribution in [0.15, 0.2) is 0 Å². The predicted molar refractivity (Wildman–Crippen MR) is 33.0 cm³/mol. The molecule has 10 heavy (non-hydrogen) atoms. The molecule has 0 aliphatic rings. The van der Waals surface area contributed by atoms with Gasteiger partial charge >= 0.3 is 7.82 Å². The van der Waals surface area contributed by atoms with Crippen LogP contribution in [0.1, 0.15) is 0 Å². The Morgan fingerprint density at radius 3 is 1.70 bits per heavy atom. The summed E-state index contributed by atoms with van der Waals surface area (Å²) >= 11 is 0. The highest BCUT2D eigenvalue weighted by Crippen LogP contribution is 2.47. The first-order valence-corrected chi connectivity index (χ1v) is 4.65. The molecule has 0 aromatic heterocycles. The van der Waals surface area contributed by atoms with Gasteiger partial charge in [-0.3, -0.25) is 9.05 Å². The zero-order valence-electron chi connectivity index (χ0n) is 5.34. The Morgan fingerprint density at radius 2 is 1.60 bits per heavy atom. The zero-order valence-corrected chi connectivity index (χ0v) is 7.13. The van der Waals surface area contributed by atoms with Gasteiger partial charge in [-0.25, -0.2) is 13.0 Å². The van der Waals surface area contributed by atoms with E-state index in [0.29, 0.717) is 0 Å². The molecule has 0 aromatic rings. The van der Waals surface area contributed by atoms with Crippen molar-refractivity contribution in [3.8, 4) is 0 Å². The second-order valence-electron chi connectivity index (χ2n) is 1.12. The van der Waals surface area contributed by atoms with Crippen LogP contribution in [0.25, 0.3) is 0 Å². The number of hydrogen-bond donors (Lipinski definition) is 1. The van der Waals surface area contributed by atoms with Gasteiger partial charge in [-0.15, -0.1) is 0 Å². The van der Waals surface area contributed by atoms with Gasteiger partial charge in [0.1, 0.15) is 0 Å². The summed E-state index contributed by atoms with van der Waals surface area (Å²) in [5.74, 6) is 0. The van der Waals surface area contributed by atoms with E-state index in [-0.39, 0.29) is 0 Å². The number of phosphoric ester groups is 1. The van der Waals surface area contributed by atoms with Crippen LogP contribution in [0.5, 0.6) is 0 Å². The van der Waals surface area contributed by atoms with Gasteiger partial charge in [-0.2, -0.15) is 3.97 Å². The molecule has 0 aliphatic carbocycles. The molecule has 0 aromatic carbocycles. The van der Waals surface area contributed by atoms with E-state index in [9.17, 15) is 13.0 Å². The third kappa shape index (κ3) is 3.28. The summed E-state index contributed by atoms with van der Waals surface area (Å²) in [6, 6.07) is 0. The molecule has 0 amide bonds. The Hall–Kier alpha value is 0.0600. The van der Waals surface area contributed by atoms with Gasteiger partial charge < -0.3 is 0 Å². The van der Waals surface area contributed by atoms with Crippen LogP contribution in [0, 0.1) is 0 Å². The van der Waals surface area contributed by atoms with Crippen LogP contribution in [0.4, 0.5) is 0 Å². The molecule has 0 rings (SSSR count). The van der Waals surface area contributed by atoms with Crippen molar-refractivity contribution in [1.29, 1.82) is 0 Å². The molecule has 0 saturated carbocycles. The van der Waals surface area contributed by atoms with Crippen molar-refractivity contribution in [3.05, 3.63) is 0 Å². The van der Waals surface area contributed by atoms with Crippen LogP contribution < -0.4 is 0 Å². The molecule has 0 fully saturated rings. The van der Waals surface area contributed by atoms with Gasteiger partial charge in [0.05, 0.1) is 0 Å². The third-order valence-electron chi connectivity index (χ3n) is 0.614. The number of thiol groups is 1. The van der Waals surface area contributed by atoms with E-state index in [0.717, 1.165) is 14.2 Å². The predicted octanol–water partition coefficient (Wildman–Crippen LogP) is -0.0697. The van der Waals surface area contributed by atoms with Crippen molar-refractivity contribution < 1.29 is 26.0 Å². The van der Waals surface area contributed by atoms with Gasteiger partial charge in [0.15, 0.2) is 0 Å². The van der Waals surface area contributed by atoms with E-state index in [4.69, 9.17) is 0 Å². The smallest absolute Gasteiger partial charge is 0.290 e. The second kappa shape index (κ2) is 4.05. The first-order valence-electron chi connectivity index (χ1n) is 2.09. The topological polar surface area (TPSA) is 78.9 Å². The van der Waals surface area contributed by atoms with Crippen molar-refractivity contribution >= 4 is 18.8 Å². The van der Waals surface area contributed by atoms with Crippen LogP contribution >= 0.6 is 7.82 Å². The van der Waals surface area contributed by atoms with Crippen molar-refractivity contribution in [2.24, 2.45) is 0 Å².